The normalized spacial score (nSPS) is 15.9. The molecular weight excluding hydrogens is 580 g/mol. The summed E-state index contributed by atoms with van der Waals surface area (Å²) in [7, 11) is 0. The average Bonchev–Trinajstić information content (AvgIpc) is 3.55. The van der Waals surface area contributed by atoms with Gasteiger partial charge in [-0.3, -0.25) is 19.1 Å². The molecule has 0 atom stereocenters. The average molecular weight is 623 g/mol. The van der Waals surface area contributed by atoms with Gasteiger partial charge in [0.25, 0.3) is 5.56 Å². The van der Waals surface area contributed by atoms with Gasteiger partial charge >= 0.3 is 6.09 Å². The molecule has 3 aromatic rings. The standard InChI is InChI=1S/C31H42N8O6/c1-21-25-20-34-30(36-28(25)39(23-5-3-4-6-23)29(41)27(21)22(2)40)35-26-8-7-24(19-33-26)38-12-10-37(11-13-38)14-16-45-18-17-44-15-9-32-31(42)43/h7-8,19-20,23,32H,3-6,9-18H2,1-2H3,(H,42,43)(H,33,34,35,36). The van der Waals surface area contributed by atoms with Gasteiger partial charge in [0.2, 0.25) is 5.95 Å². The second kappa shape index (κ2) is 15.2. The van der Waals surface area contributed by atoms with Gasteiger partial charge in [0.1, 0.15) is 11.5 Å². The van der Waals surface area contributed by atoms with Crippen molar-refractivity contribution >= 4 is 40.4 Å². The number of aromatic nitrogens is 4. The van der Waals surface area contributed by atoms with E-state index in [0.717, 1.165) is 64.1 Å². The summed E-state index contributed by atoms with van der Waals surface area (Å²) < 4.78 is 12.7. The Bertz CT molecular complexity index is 1530. The molecule has 4 heterocycles. The van der Waals surface area contributed by atoms with Crippen LogP contribution in [0.3, 0.4) is 0 Å². The molecule has 14 nitrogen and oxygen atoms in total. The lowest BCUT2D eigenvalue weighted by atomic mass is 10.0. The van der Waals surface area contributed by atoms with Crippen LogP contribution in [0.25, 0.3) is 11.0 Å². The van der Waals surface area contributed by atoms with Crippen LogP contribution in [0, 0.1) is 6.92 Å². The summed E-state index contributed by atoms with van der Waals surface area (Å²) in [5, 5.41) is 14.7. The minimum absolute atomic E-state index is 0.0208. The van der Waals surface area contributed by atoms with Gasteiger partial charge < -0.3 is 30.1 Å². The van der Waals surface area contributed by atoms with Crippen molar-refractivity contribution in [3.05, 3.63) is 46.0 Å². The van der Waals surface area contributed by atoms with Crippen molar-refractivity contribution in [2.45, 2.75) is 45.6 Å². The molecule has 2 fully saturated rings. The lowest BCUT2D eigenvalue weighted by Gasteiger charge is -2.35. The number of anilines is 3. The Kier molecular flexibility index (Phi) is 10.9. The number of rotatable bonds is 14. The summed E-state index contributed by atoms with van der Waals surface area (Å²) in [5.41, 5.74) is 2.15. The molecule has 2 aliphatic rings. The Morgan fingerprint density at radius 2 is 1.73 bits per heavy atom. The molecular formula is C31H42N8O6. The van der Waals surface area contributed by atoms with Crippen LogP contribution >= 0.6 is 0 Å². The van der Waals surface area contributed by atoms with E-state index in [1.807, 2.05) is 18.3 Å². The van der Waals surface area contributed by atoms with Crippen LogP contribution in [0.15, 0.2) is 29.3 Å². The molecule has 3 N–H and O–H groups in total. The summed E-state index contributed by atoms with van der Waals surface area (Å²) in [4.78, 5) is 54.7. The lowest BCUT2D eigenvalue weighted by Crippen LogP contribution is -2.47. The van der Waals surface area contributed by atoms with Gasteiger partial charge in [-0.05, 0) is 44.4 Å². The molecule has 1 aliphatic carbocycles. The van der Waals surface area contributed by atoms with Gasteiger partial charge in [-0.25, -0.2) is 14.8 Å². The van der Waals surface area contributed by atoms with Gasteiger partial charge in [-0.1, -0.05) is 12.8 Å². The van der Waals surface area contributed by atoms with Crippen LogP contribution in [0.5, 0.6) is 0 Å². The fourth-order valence-electron chi connectivity index (χ4n) is 6.05. The van der Waals surface area contributed by atoms with Crippen molar-refractivity contribution in [2.24, 2.45) is 0 Å². The highest BCUT2D eigenvalue weighted by molar-refractivity contribution is 5.99. The minimum atomic E-state index is -1.05. The maximum Gasteiger partial charge on any atom is 0.404 e. The molecule has 0 aromatic carbocycles. The van der Waals surface area contributed by atoms with Crippen molar-refractivity contribution in [1.82, 2.24) is 29.7 Å². The van der Waals surface area contributed by atoms with E-state index in [9.17, 15) is 14.4 Å². The van der Waals surface area contributed by atoms with E-state index in [-0.39, 0.29) is 29.5 Å². The van der Waals surface area contributed by atoms with E-state index in [1.165, 1.54) is 6.92 Å². The van der Waals surface area contributed by atoms with Crippen LogP contribution < -0.4 is 21.1 Å². The number of hydrogen-bond donors (Lipinski definition) is 3. The number of pyridine rings is 2. The van der Waals surface area contributed by atoms with Crippen molar-refractivity contribution in [3.8, 4) is 0 Å². The number of piperazine rings is 1. The molecule has 0 bridgehead atoms. The molecule has 1 amide bonds. The molecule has 0 spiro atoms. The molecule has 0 radical (unpaired) electrons. The highest BCUT2D eigenvalue weighted by Crippen LogP contribution is 2.32. The number of carboxylic acid groups (broad SMARTS) is 1. The first-order valence-corrected chi connectivity index (χ1v) is 15.6. The number of amides is 1. The Balaban J connectivity index is 1.13. The van der Waals surface area contributed by atoms with Crippen molar-refractivity contribution < 1.29 is 24.2 Å². The number of aryl methyl sites for hydroxylation is 1. The summed E-state index contributed by atoms with van der Waals surface area (Å²) in [5.74, 6) is 0.709. The Morgan fingerprint density at radius 1 is 1.00 bits per heavy atom. The van der Waals surface area contributed by atoms with Crippen LogP contribution in [-0.4, -0.2) is 107 Å². The number of carbonyl (C=O) groups excluding carboxylic acids is 1. The van der Waals surface area contributed by atoms with Crippen LogP contribution in [-0.2, 0) is 9.47 Å². The number of fused-ring (bicyclic) bond motifs is 1. The van der Waals surface area contributed by atoms with E-state index in [1.54, 1.807) is 17.7 Å². The predicted octanol–water partition coefficient (Wildman–Crippen LogP) is 2.98. The van der Waals surface area contributed by atoms with Crippen molar-refractivity contribution in [3.63, 3.8) is 0 Å². The van der Waals surface area contributed by atoms with Crippen LogP contribution in [0.2, 0.25) is 0 Å². The van der Waals surface area contributed by atoms with Gasteiger partial charge in [0, 0.05) is 56.9 Å². The van der Waals surface area contributed by atoms with Crippen LogP contribution in [0.4, 0.5) is 22.2 Å². The smallest absolute Gasteiger partial charge is 0.404 e. The summed E-state index contributed by atoms with van der Waals surface area (Å²) in [6, 6.07) is 3.95. The lowest BCUT2D eigenvalue weighted by molar-refractivity contribution is 0.0390. The van der Waals surface area contributed by atoms with E-state index in [4.69, 9.17) is 19.6 Å². The molecule has 3 aromatic heterocycles. The third kappa shape index (κ3) is 8.12. The summed E-state index contributed by atoms with van der Waals surface area (Å²) >= 11 is 0. The predicted molar refractivity (Wildman–Crippen MR) is 170 cm³/mol. The zero-order valence-electron chi connectivity index (χ0n) is 26.0. The summed E-state index contributed by atoms with van der Waals surface area (Å²) in [6.07, 6.45) is 6.35. The Labute approximate surface area is 261 Å². The number of ketones is 1. The molecule has 242 valence electrons. The molecule has 1 saturated heterocycles. The largest absolute Gasteiger partial charge is 0.465 e. The second-order valence-corrected chi connectivity index (χ2v) is 11.4. The molecule has 0 unspecified atom stereocenters. The first-order valence-electron chi connectivity index (χ1n) is 15.6. The van der Waals surface area contributed by atoms with E-state index < -0.39 is 6.09 Å². The molecule has 45 heavy (non-hydrogen) atoms. The van der Waals surface area contributed by atoms with Gasteiger partial charge in [0.05, 0.1) is 43.9 Å². The van der Waals surface area contributed by atoms with Crippen molar-refractivity contribution in [1.29, 1.82) is 0 Å². The molecule has 14 heteroatoms. The SMILES string of the molecule is CC(=O)c1c(C)c2cnc(Nc3ccc(N4CCN(CCOCCOCCNC(=O)O)CC4)cn3)nc2n(C2CCCC2)c1=O. The van der Waals surface area contributed by atoms with E-state index in [2.05, 4.69) is 30.4 Å². The van der Waals surface area contributed by atoms with E-state index in [0.29, 0.717) is 54.8 Å². The highest BCUT2D eigenvalue weighted by Gasteiger charge is 2.26. The third-order valence-corrected chi connectivity index (χ3v) is 8.42. The monoisotopic (exact) mass is 622 g/mol. The van der Waals surface area contributed by atoms with Gasteiger partial charge in [-0.15, -0.1) is 0 Å². The number of nitrogens with zero attached hydrogens (tertiary/aromatic N) is 6. The number of carbonyl (C=O) groups is 2. The number of nitrogens with one attached hydrogen (secondary N) is 2. The first-order chi connectivity index (χ1) is 21.8. The zero-order valence-corrected chi connectivity index (χ0v) is 26.0. The van der Waals surface area contributed by atoms with Gasteiger partial charge in [-0.2, -0.15) is 4.98 Å². The summed E-state index contributed by atoms with van der Waals surface area (Å²) in [6.45, 7) is 9.77. The Hall–Kier alpha value is -4.14. The fraction of sp³-hybridized carbons (Fsp3) is 0.548. The topological polar surface area (TPSA) is 164 Å². The minimum Gasteiger partial charge on any atom is -0.465 e. The van der Waals surface area contributed by atoms with Crippen molar-refractivity contribution in [2.75, 3.05) is 75.9 Å². The fourth-order valence-corrected chi connectivity index (χ4v) is 6.05. The molecule has 1 aliphatic heterocycles. The van der Waals surface area contributed by atoms with E-state index >= 15 is 0 Å². The molecule has 1 saturated carbocycles. The first kappa shape index (κ1) is 32.3. The Morgan fingerprint density at radius 3 is 2.40 bits per heavy atom. The number of Topliss-reactive ketones (excluding diaryl/α,β-unsaturated/α-hetero) is 1. The maximum atomic E-state index is 13.5. The highest BCUT2D eigenvalue weighted by atomic mass is 16.5. The third-order valence-electron chi connectivity index (χ3n) is 8.42. The maximum absolute atomic E-state index is 13.5. The second-order valence-electron chi connectivity index (χ2n) is 11.4. The van der Waals surface area contributed by atoms with Crippen LogP contribution in [0.1, 0.15) is 54.6 Å². The molecule has 5 rings (SSSR count). The zero-order chi connectivity index (χ0) is 31.8. The number of ether oxygens (including phenoxy) is 2. The number of hydrogen-bond acceptors (Lipinski definition) is 11. The quantitative estimate of drug-likeness (QED) is 0.178. The van der Waals surface area contributed by atoms with Gasteiger partial charge in [0.15, 0.2) is 5.78 Å².